The third kappa shape index (κ3) is 6.81. The van der Waals surface area contributed by atoms with Gasteiger partial charge in [-0.15, -0.1) is 0 Å². The summed E-state index contributed by atoms with van der Waals surface area (Å²) in [4.78, 5) is 41.1. The number of carboxylic acids is 1. The molecule has 2 amide bonds. The molecular weight excluding hydrogens is 448 g/mol. The number of amides is 2. The summed E-state index contributed by atoms with van der Waals surface area (Å²) < 4.78 is 5.35. The van der Waals surface area contributed by atoms with E-state index in [1.54, 1.807) is 24.3 Å². The Balaban J connectivity index is 1.60. The highest BCUT2D eigenvalue weighted by molar-refractivity contribution is 5.99. The van der Waals surface area contributed by atoms with Crippen molar-refractivity contribution in [3.05, 3.63) is 35.4 Å². The number of hydrogen-bond donors (Lipinski definition) is 3. The number of aliphatic carboxylic acids is 1. The summed E-state index contributed by atoms with van der Waals surface area (Å²) in [5, 5.41) is 20.5. The van der Waals surface area contributed by atoms with E-state index < -0.39 is 17.4 Å². The van der Waals surface area contributed by atoms with Gasteiger partial charge in [-0.25, -0.2) is 0 Å². The first-order valence-electron chi connectivity index (χ1n) is 12.5. The van der Waals surface area contributed by atoms with Crippen molar-refractivity contribution >= 4 is 23.6 Å². The molecule has 3 N–H and O–H groups in total. The summed E-state index contributed by atoms with van der Waals surface area (Å²) in [5.74, 6) is -0.916. The van der Waals surface area contributed by atoms with Gasteiger partial charge in [0.1, 0.15) is 5.84 Å². The van der Waals surface area contributed by atoms with Crippen LogP contribution >= 0.6 is 0 Å². The van der Waals surface area contributed by atoms with Gasteiger partial charge in [-0.3, -0.25) is 19.8 Å². The molecule has 35 heavy (non-hydrogen) atoms. The third-order valence-electron chi connectivity index (χ3n) is 7.15. The molecule has 192 valence electrons. The van der Waals surface area contributed by atoms with Crippen LogP contribution in [0.1, 0.15) is 62.4 Å². The Morgan fingerprint density at radius 2 is 1.63 bits per heavy atom. The largest absolute Gasteiger partial charge is 0.481 e. The van der Waals surface area contributed by atoms with Gasteiger partial charge in [-0.2, -0.15) is 0 Å². The molecule has 1 aromatic carbocycles. The van der Waals surface area contributed by atoms with Crippen LogP contribution in [0.15, 0.2) is 24.3 Å². The van der Waals surface area contributed by atoms with Crippen molar-refractivity contribution in [1.29, 1.82) is 5.41 Å². The number of likely N-dealkylation sites (tertiary alicyclic amines) is 1. The molecule has 0 radical (unpaired) electrons. The molecule has 2 heterocycles. The molecule has 0 spiro atoms. The molecule has 1 aromatic rings. The molecule has 9 heteroatoms. The maximum absolute atomic E-state index is 13.3. The Morgan fingerprint density at radius 1 is 1.06 bits per heavy atom. The second-order valence-electron chi connectivity index (χ2n) is 10.0. The van der Waals surface area contributed by atoms with Crippen molar-refractivity contribution in [1.82, 2.24) is 15.1 Å². The molecule has 3 rings (SSSR count). The molecule has 0 saturated carbocycles. The minimum absolute atomic E-state index is 0.000817. The van der Waals surface area contributed by atoms with E-state index in [-0.39, 0.29) is 24.2 Å². The monoisotopic (exact) mass is 486 g/mol. The Labute approximate surface area is 207 Å². The molecular formula is C26H38N4O5. The molecule has 1 atom stereocenters. The number of carboxylic acid groups (broad SMARTS) is 1. The quantitative estimate of drug-likeness (QED) is 0.383. The van der Waals surface area contributed by atoms with Crippen LogP contribution in [0.2, 0.25) is 0 Å². The van der Waals surface area contributed by atoms with Crippen LogP contribution in [-0.4, -0.2) is 83.5 Å². The topological polar surface area (TPSA) is 123 Å². The van der Waals surface area contributed by atoms with E-state index in [0.717, 1.165) is 5.56 Å². The fraction of sp³-hybridized carbons (Fsp3) is 0.615. The van der Waals surface area contributed by atoms with Crippen molar-refractivity contribution in [2.24, 2.45) is 11.8 Å². The van der Waals surface area contributed by atoms with Gasteiger partial charge >= 0.3 is 5.97 Å². The lowest BCUT2D eigenvalue weighted by Gasteiger charge is -2.39. The standard InChI is InChI=1S/C26H38N4O5/c1-4-21(25(34)30-11-9-18(10-12-30)17-22(31)32)26(2,3)28-24(33)20-7-5-19(6-8-20)23(27)29-13-15-35-16-14-29/h5-8,18,21,27H,4,9-17H2,1-3H3,(H,28,33)(H,31,32). The maximum atomic E-state index is 13.3. The number of benzene rings is 1. The average Bonchev–Trinajstić information content (AvgIpc) is 2.84. The van der Waals surface area contributed by atoms with Gasteiger partial charge in [0.15, 0.2) is 0 Å². The maximum Gasteiger partial charge on any atom is 0.303 e. The molecule has 0 bridgehead atoms. The number of hydrogen-bond acceptors (Lipinski definition) is 5. The number of amidine groups is 1. The van der Waals surface area contributed by atoms with E-state index in [2.05, 4.69) is 5.32 Å². The summed E-state index contributed by atoms with van der Waals surface area (Å²) in [6.07, 6.45) is 2.10. The van der Waals surface area contributed by atoms with Crippen LogP contribution in [0.4, 0.5) is 0 Å². The number of carbonyl (C=O) groups excluding carboxylic acids is 2. The SMILES string of the molecule is CCC(C(=O)N1CCC(CC(=O)O)CC1)C(C)(C)NC(=O)c1ccc(C(=N)N2CCOCC2)cc1. The summed E-state index contributed by atoms with van der Waals surface area (Å²) >= 11 is 0. The van der Waals surface area contributed by atoms with Gasteiger partial charge in [0.05, 0.1) is 19.1 Å². The number of ether oxygens (including phenoxy) is 1. The predicted octanol–water partition coefficient (Wildman–Crippen LogP) is 2.59. The number of nitrogens with zero attached hydrogens (tertiary/aromatic N) is 2. The first-order chi connectivity index (χ1) is 16.6. The van der Waals surface area contributed by atoms with Crippen LogP contribution in [0.5, 0.6) is 0 Å². The van der Waals surface area contributed by atoms with Crippen molar-refractivity contribution in [3.63, 3.8) is 0 Å². The molecule has 2 saturated heterocycles. The second-order valence-corrected chi connectivity index (χ2v) is 10.0. The van der Waals surface area contributed by atoms with Crippen LogP contribution in [0.25, 0.3) is 0 Å². The van der Waals surface area contributed by atoms with E-state index >= 15 is 0 Å². The molecule has 2 fully saturated rings. The number of nitrogens with one attached hydrogen (secondary N) is 2. The Morgan fingerprint density at radius 3 is 2.17 bits per heavy atom. The van der Waals surface area contributed by atoms with Gasteiger partial charge in [-0.1, -0.05) is 19.1 Å². The van der Waals surface area contributed by atoms with Crippen LogP contribution in [0.3, 0.4) is 0 Å². The number of carbonyl (C=O) groups is 3. The molecule has 2 aliphatic heterocycles. The van der Waals surface area contributed by atoms with Gasteiger partial charge in [0.2, 0.25) is 5.91 Å². The molecule has 2 aliphatic rings. The lowest BCUT2D eigenvalue weighted by atomic mass is 9.83. The Kier molecular flexibility index (Phi) is 8.88. The third-order valence-corrected chi connectivity index (χ3v) is 7.15. The number of rotatable bonds is 8. The van der Waals surface area contributed by atoms with Crippen molar-refractivity contribution < 1.29 is 24.2 Å². The lowest BCUT2D eigenvalue weighted by molar-refractivity contribution is -0.140. The Hall–Kier alpha value is -2.94. The zero-order valence-corrected chi connectivity index (χ0v) is 21.0. The number of morpholine rings is 1. The summed E-state index contributed by atoms with van der Waals surface area (Å²) in [6.45, 7) is 9.36. The average molecular weight is 487 g/mol. The normalized spacial score (nSPS) is 18.1. The van der Waals surface area contributed by atoms with Gasteiger partial charge < -0.3 is 25.0 Å². The van der Waals surface area contributed by atoms with Gasteiger partial charge in [0.25, 0.3) is 5.91 Å². The summed E-state index contributed by atoms with van der Waals surface area (Å²) in [5.41, 5.74) is 0.462. The molecule has 0 aromatic heterocycles. The Bertz CT molecular complexity index is 916. The fourth-order valence-corrected chi connectivity index (χ4v) is 5.02. The molecule has 0 aliphatic carbocycles. The number of piperidine rings is 1. The minimum Gasteiger partial charge on any atom is -0.481 e. The summed E-state index contributed by atoms with van der Waals surface area (Å²) in [7, 11) is 0. The predicted molar refractivity (Wildman–Crippen MR) is 133 cm³/mol. The van der Waals surface area contributed by atoms with Gasteiger partial charge in [0, 0.05) is 49.3 Å². The highest BCUT2D eigenvalue weighted by atomic mass is 16.5. The van der Waals surface area contributed by atoms with Crippen molar-refractivity contribution in [3.8, 4) is 0 Å². The van der Waals surface area contributed by atoms with E-state index in [9.17, 15) is 14.4 Å². The van der Waals surface area contributed by atoms with E-state index in [0.29, 0.717) is 70.1 Å². The lowest BCUT2D eigenvalue weighted by Crippen LogP contribution is -2.55. The first-order valence-corrected chi connectivity index (χ1v) is 12.5. The van der Waals surface area contributed by atoms with E-state index in [1.807, 2.05) is 30.6 Å². The van der Waals surface area contributed by atoms with Crippen molar-refractivity contribution in [2.45, 2.75) is 52.0 Å². The minimum atomic E-state index is -0.795. The molecule has 1 unspecified atom stereocenters. The zero-order valence-electron chi connectivity index (χ0n) is 21.0. The van der Waals surface area contributed by atoms with Crippen molar-refractivity contribution in [2.75, 3.05) is 39.4 Å². The van der Waals surface area contributed by atoms with Crippen LogP contribution in [0, 0.1) is 17.2 Å². The zero-order chi connectivity index (χ0) is 25.6. The van der Waals surface area contributed by atoms with E-state index in [1.165, 1.54) is 0 Å². The fourth-order valence-electron chi connectivity index (χ4n) is 5.02. The van der Waals surface area contributed by atoms with Gasteiger partial charge in [-0.05, 0) is 51.2 Å². The highest BCUT2D eigenvalue weighted by Crippen LogP contribution is 2.27. The van der Waals surface area contributed by atoms with Crippen LogP contribution in [-0.2, 0) is 14.3 Å². The van der Waals surface area contributed by atoms with Crippen LogP contribution < -0.4 is 5.32 Å². The van der Waals surface area contributed by atoms with E-state index in [4.69, 9.17) is 15.3 Å². The second kappa shape index (κ2) is 11.7. The smallest absolute Gasteiger partial charge is 0.303 e. The first kappa shape index (κ1) is 26.7. The summed E-state index contributed by atoms with van der Waals surface area (Å²) in [6, 6.07) is 6.99. The highest BCUT2D eigenvalue weighted by Gasteiger charge is 2.38. The molecule has 9 nitrogen and oxygen atoms in total.